The standard InChI is InChI=1S/C17H22N2O4/c1-12-9-18-15(22-12)11-21-14-7-5-6-13(8-14)10-19-16(20)23-17(2,3)4/h5-9H,10-11H2,1-4H3,(H,19,20). The molecule has 2 rings (SSSR count). The van der Waals surface area contributed by atoms with E-state index in [0.717, 1.165) is 11.3 Å². The van der Waals surface area contributed by atoms with Gasteiger partial charge in [0.15, 0.2) is 6.61 Å². The minimum Gasteiger partial charge on any atom is -0.484 e. The molecule has 6 heteroatoms. The molecular weight excluding hydrogens is 296 g/mol. The number of nitrogens with zero attached hydrogens (tertiary/aromatic N) is 1. The predicted octanol–water partition coefficient (Wildman–Crippen LogP) is 3.59. The summed E-state index contributed by atoms with van der Waals surface area (Å²) in [4.78, 5) is 15.7. The van der Waals surface area contributed by atoms with Gasteiger partial charge in [0.2, 0.25) is 5.89 Å². The van der Waals surface area contributed by atoms with E-state index in [2.05, 4.69) is 10.3 Å². The summed E-state index contributed by atoms with van der Waals surface area (Å²) in [6.07, 6.45) is 1.21. The minimum atomic E-state index is -0.511. The van der Waals surface area contributed by atoms with E-state index in [0.29, 0.717) is 18.2 Å². The Morgan fingerprint density at radius 2 is 2.13 bits per heavy atom. The molecule has 2 aromatic rings. The zero-order valence-corrected chi connectivity index (χ0v) is 13.9. The number of oxazole rings is 1. The number of ether oxygens (including phenoxy) is 2. The van der Waals surface area contributed by atoms with E-state index in [-0.39, 0.29) is 6.61 Å². The first-order valence-electron chi connectivity index (χ1n) is 7.42. The summed E-state index contributed by atoms with van der Waals surface area (Å²) in [5.74, 6) is 1.96. The highest BCUT2D eigenvalue weighted by Crippen LogP contribution is 2.15. The molecule has 0 radical (unpaired) electrons. The highest BCUT2D eigenvalue weighted by atomic mass is 16.6. The van der Waals surface area contributed by atoms with E-state index < -0.39 is 11.7 Å². The van der Waals surface area contributed by atoms with Crippen LogP contribution >= 0.6 is 0 Å². The van der Waals surface area contributed by atoms with Gasteiger partial charge >= 0.3 is 6.09 Å². The summed E-state index contributed by atoms with van der Waals surface area (Å²) in [5, 5.41) is 2.71. The first-order valence-corrected chi connectivity index (χ1v) is 7.42. The van der Waals surface area contributed by atoms with Crippen LogP contribution in [0.4, 0.5) is 4.79 Å². The van der Waals surface area contributed by atoms with Crippen molar-refractivity contribution < 1.29 is 18.7 Å². The molecule has 0 saturated heterocycles. The number of alkyl carbamates (subject to hydrolysis) is 1. The lowest BCUT2D eigenvalue weighted by molar-refractivity contribution is 0.0523. The molecule has 0 unspecified atom stereocenters. The molecule has 1 amide bonds. The number of carbonyl (C=O) groups is 1. The van der Waals surface area contributed by atoms with Crippen LogP contribution in [0.5, 0.6) is 5.75 Å². The molecule has 0 bridgehead atoms. The summed E-state index contributed by atoms with van der Waals surface area (Å²) in [6.45, 7) is 7.93. The molecule has 0 saturated carbocycles. The lowest BCUT2D eigenvalue weighted by atomic mass is 10.2. The SMILES string of the molecule is Cc1cnc(COc2cccc(CNC(=O)OC(C)(C)C)c2)o1. The fourth-order valence-corrected chi connectivity index (χ4v) is 1.85. The van der Waals surface area contributed by atoms with Crippen LogP contribution in [0.25, 0.3) is 0 Å². The van der Waals surface area contributed by atoms with Crippen molar-refractivity contribution in [3.8, 4) is 5.75 Å². The fraction of sp³-hybridized carbons (Fsp3) is 0.412. The summed E-state index contributed by atoms with van der Waals surface area (Å²) < 4.78 is 16.2. The van der Waals surface area contributed by atoms with Gasteiger partial charge in [-0.15, -0.1) is 0 Å². The van der Waals surface area contributed by atoms with E-state index in [1.807, 2.05) is 52.0 Å². The van der Waals surface area contributed by atoms with Crippen LogP contribution < -0.4 is 10.1 Å². The second kappa shape index (κ2) is 7.17. The Morgan fingerprint density at radius 3 is 2.78 bits per heavy atom. The van der Waals surface area contributed by atoms with Crippen LogP contribution in [0, 0.1) is 6.92 Å². The normalized spacial score (nSPS) is 11.1. The molecule has 1 aromatic heterocycles. The predicted molar refractivity (Wildman–Crippen MR) is 85.1 cm³/mol. The number of carbonyl (C=O) groups excluding carboxylic acids is 1. The van der Waals surface area contributed by atoms with E-state index in [9.17, 15) is 4.79 Å². The fourth-order valence-electron chi connectivity index (χ4n) is 1.85. The van der Waals surface area contributed by atoms with Crippen LogP contribution in [0.3, 0.4) is 0 Å². The maximum absolute atomic E-state index is 11.6. The molecule has 0 aliphatic heterocycles. The second-order valence-electron chi connectivity index (χ2n) is 6.16. The van der Waals surface area contributed by atoms with Crippen molar-refractivity contribution in [3.63, 3.8) is 0 Å². The van der Waals surface area contributed by atoms with Crippen molar-refractivity contribution in [1.82, 2.24) is 10.3 Å². The molecule has 0 atom stereocenters. The topological polar surface area (TPSA) is 73.6 Å². The Hall–Kier alpha value is -2.50. The van der Waals surface area contributed by atoms with Crippen molar-refractivity contribution in [2.75, 3.05) is 0 Å². The molecule has 124 valence electrons. The van der Waals surface area contributed by atoms with Crippen LogP contribution in [0.2, 0.25) is 0 Å². The Morgan fingerprint density at radius 1 is 1.35 bits per heavy atom. The number of rotatable bonds is 5. The van der Waals surface area contributed by atoms with Crippen LogP contribution in [-0.2, 0) is 17.9 Å². The zero-order valence-electron chi connectivity index (χ0n) is 13.9. The molecule has 0 fully saturated rings. The third kappa shape index (κ3) is 6.02. The molecule has 6 nitrogen and oxygen atoms in total. The molecule has 0 aliphatic carbocycles. The number of aryl methyl sites for hydroxylation is 1. The molecule has 1 N–H and O–H groups in total. The van der Waals surface area contributed by atoms with E-state index >= 15 is 0 Å². The third-order valence-electron chi connectivity index (χ3n) is 2.77. The van der Waals surface area contributed by atoms with Gasteiger partial charge in [-0.1, -0.05) is 12.1 Å². The third-order valence-corrected chi connectivity index (χ3v) is 2.77. The Labute approximate surface area is 135 Å². The molecular formula is C17H22N2O4. The van der Waals surface area contributed by atoms with Crippen molar-refractivity contribution >= 4 is 6.09 Å². The maximum Gasteiger partial charge on any atom is 0.407 e. The zero-order chi connectivity index (χ0) is 16.9. The quantitative estimate of drug-likeness (QED) is 0.912. The summed E-state index contributed by atoms with van der Waals surface area (Å²) in [5.41, 5.74) is 0.403. The van der Waals surface area contributed by atoms with Gasteiger partial charge in [0.05, 0.1) is 6.20 Å². The largest absolute Gasteiger partial charge is 0.484 e. The monoisotopic (exact) mass is 318 g/mol. The second-order valence-corrected chi connectivity index (χ2v) is 6.16. The highest BCUT2D eigenvalue weighted by Gasteiger charge is 2.15. The lowest BCUT2D eigenvalue weighted by Crippen LogP contribution is -2.32. The van der Waals surface area contributed by atoms with E-state index in [4.69, 9.17) is 13.9 Å². The van der Waals surface area contributed by atoms with Gasteiger partial charge in [-0.3, -0.25) is 0 Å². The summed E-state index contributed by atoms with van der Waals surface area (Å²) in [7, 11) is 0. The van der Waals surface area contributed by atoms with Gasteiger partial charge in [-0.25, -0.2) is 9.78 Å². The number of benzene rings is 1. The number of hydrogen-bond acceptors (Lipinski definition) is 5. The molecule has 1 aromatic carbocycles. The van der Waals surface area contributed by atoms with E-state index in [1.54, 1.807) is 6.20 Å². The lowest BCUT2D eigenvalue weighted by Gasteiger charge is -2.19. The number of hydrogen-bond donors (Lipinski definition) is 1. The van der Waals surface area contributed by atoms with Gasteiger partial charge in [0.25, 0.3) is 0 Å². The van der Waals surface area contributed by atoms with E-state index in [1.165, 1.54) is 0 Å². The van der Waals surface area contributed by atoms with Gasteiger partial charge in [0, 0.05) is 6.54 Å². The first-order chi connectivity index (χ1) is 10.8. The van der Waals surface area contributed by atoms with Crippen LogP contribution in [0.15, 0.2) is 34.9 Å². The molecule has 0 spiro atoms. The van der Waals surface area contributed by atoms with Gasteiger partial charge in [0.1, 0.15) is 17.1 Å². The Bertz CT molecular complexity index is 659. The van der Waals surface area contributed by atoms with Gasteiger partial charge < -0.3 is 19.2 Å². The summed E-state index contributed by atoms with van der Waals surface area (Å²) >= 11 is 0. The van der Waals surface area contributed by atoms with Crippen molar-refractivity contribution in [2.24, 2.45) is 0 Å². The number of nitrogens with one attached hydrogen (secondary N) is 1. The average molecular weight is 318 g/mol. The maximum atomic E-state index is 11.6. The van der Waals surface area contributed by atoms with Crippen molar-refractivity contribution in [1.29, 1.82) is 0 Å². The van der Waals surface area contributed by atoms with Gasteiger partial charge in [-0.05, 0) is 45.4 Å². The average Bonchev–Trinajstić information content (AvgIpc) is 2.87. The van der Waals surface area contributed by atoms with Gasteiger partial charge in [-0.2, -0.15) is 0 Å². The Balaban J connectivity index is 1.85. The van der Waals surface area contributed by atoms with Crippen LogP contribution in [-0.4, -0.2) is 16.7 Å². The molecule has 1 heterocycles. The van der Waals surface area contributed by atoms with Crippen molar-refractivity contribution in [3.05, 3.63) is 47.7 Å². The molecule has 0 aliphatic rings. The molecule has 23 heavy (non-hydrogen) atoms. The highest BCUT2D eigenvalue weighted by molar-refractivity contribution is 5.67. The smallest absolute Gasteiger partial charge is 0.407 e. The summed E-state index contributed by atoms with van der Waals surface area (Å²) in [6, 6.07) is 7.46. The Kier molecular flexibility index (Phi) is 5.26. The minimum absolute atomic E-state index is 0.261. The number of aromatic nitrogens is 1. The van der Waals surface area contributed by atoms with Crippen molar-refractivity contribution in [2.45, 2.75) is 46.4 Å². The van der Waals surface area contributed by atoms with Crippen LogP contribution in [0.1, 0.15) is 38.0 Å². The first kappa shape index (κ1) is 16.9. The number of amides is 1.